The van der Waals surface area contributed by atoms with Crippen LogP contribution >= 0.6 is 0 Å². The molecule has 0 radical (unpaired) electrons. The van der Waals surface area contributed by atoms with Crippen molar-refractivity contribution in [3.8, 4) is 22.8 Å². The molecule has 302 valence electrons. The molecule has 59 heavy (non-hydrogen) atoms. The Kier molecular flexibility index (Phi) is 12.2. The van der Waals surface area contributed by atoms with Gasteiger partial charge in [-0.1, -0.05) is 60.7 Å². The summed E-state index contributed by atoms with van der Waals surface area (Å²) in [4.78, 5) is 85.1. The van der Waals surface area contributed by atoms with Crippen molar-refractivity contribution in [1.29, 1.82) is 0 Å². The van der Waals surface area contributed by atoms with Gasteiger partial charge in [-0.15, -0.1) is 0 Å². The van der Waals surface area contributed by atoms with E-state index in [9.17, 15) is 28.8 Å². The lowest BCUT2D eigenvalue weighted by molar-refractivity contribution is -0.160. The van der Waals surface area contributed by atoms with Gasteiger partial charge in [0.25, 0.3) is 11.8 Å². The number of carbonyl (C=O) groups excluding carboxylic acids is 6. The topological polar surface area (TPSA) is 177 Å². The number of ether oxygens (including phenoxy) is 2. The van der Waals surface area contributed by atoms with E-state index in [2.05, 4.69) is 15.6 Å². The van der Waals surface area contributed by atoms with Crippen LogP contribution in [0.15, 0.2) is 120 Å². The van der Waals surface area contributed by atoms with Gasteiger partial charge in [0.15, 0.2) is 5.76 Å². The maximum atomic E-state index is 13.6. The predicted octanol–water partition coefficient (Wildman–Crippen LogP) is 6.48. The quantitative estimate of drug-likeness (QED) is 0.133. The van der Waals surface area contributed by atoms with Crippen molar-refractivity contribution in [2.24, 2.45) is 0 Å². The number of carbonyl (C=O) groups is 6. The van der Waals surface area contributed by atoms with Crippen molar-refractivity contribution in [3.63, 3.8) is 0 Å². The average molecular weight is 798 g/mol. The van der Waals surface area contributed by atoms with Gasteiger partial charge in [-0.25, -0.2) is 4.98 Å². The highest BCUT2D eigenvalue weighted by Crippen LogP contribution is 2.31. The Morgan fingerprint density at radius 2 is 1.03 bits per heavy atom. The molecule has 2 saturated heterocycles. The second-order valence-corrected chi connectivity index (χ2v) is 14.3. The molecule has 0 saturated carbocycles. The fraction of sp³-hybridized carbons (Fsp3) is 0.267. The molecule has 0 spiro atoms. The molecule has 2 fully saturated rings. The van der Waals surface area contributed by atoms with E-state index in [4.69, 9.17) is 13.9 Å². The fourth-order valence-corrected chi connectivity index (χ4v) is 7.42. The lowest BCUT2D eigenvalue weighted by atomic mass is 10.1. The molecule has 2 aliphatic heterocycles. The molecular formula is C45H43N5O9. The number of likely N-dealkylation sites (tertiary alicyclic amines) is 2. The van der Waals surface area contributed by atoms with Crippen LogP contribution in [0.4, 0.5) is 11.4 Å². The van der Waals surface area contributed by atoms with Crippen LogP contribution in [-0.4, -0.2) is 75.5 Å². The van der Waals surface area contributed by atoms with E-state index >= 15 is 0 Å². The average Bonchev–Trinajstić information content (AvgIpc) is 4.05. The number of aromatic nitrogens is 1. The van der Waals surface area contributed by atoms with E-state index in [0.29, 0.717) is 84.1 Å². The summed E-state index contributed by atoms with van der Waals surface area (Å²) in [6, 6.07) is 30.0. The number of anilines is 2. The SMILES string of the molecule is CC(=O)O[C@H](C(=O)N1CCC[C@H]1C(=O)Nc1ccc(-c2cnc(-c3ccc(NC(=O)[C@@H]4CCCN4C(=O)[C@@H](OC(C)=O)c4ccccc4)cc3)o2)cc1)c1ccccc1. The predicted molar refractivity (Wildman–Crippen MR) is 216 cm³/mol. The second kappa shape index (κ2) is 18.0. The number of nitrogens with zero attached hydrogens (tertiary/aromatic N) is 3. The number of oxazole rings is 1. The lowest BCUT2D eigenvalue weighted by Gasteiger charge is -2.28. The number of benzene rings is 4. The van der Waals surface area contributed by atoms with Crippen molar-refractivity contribution in [1.82, 2.24) is 14.8 Å². The minimum Gasteiger partial charge on any atom is -0.447 e. The van der Waals surface area contributed by atoms with Gasteiger partial charge >= 0.3 is 11.9 Å². The van der Waals surface area contributed by atoms with Crippen LogP contribution in [-0.2, 0) is 38.2 Å². The standard InChI is InChI=1S/C45H43N5O9/c1-28(51)57-39(31-11-5-3-6-12-31)44(55)49-25-9-15-36(49)41(53)47-34-21-17-30(18-22-34)38-27-46-43(59-38)33-19-23-35(24-20-33)48-42(54)37-16-10-26-50(37)45(56)40(58-29(2)52)32-13-7-4-8-14-32/h3-8,11-14,17-24,27,36-37,39-40H,9-10,15-16,25-26H2,1-2H3,(H,47,53)(H,48,54)/t36-,37-,39-,40-/m0/s1. The first-order chi connectivity index (χ1) is 28.5. The minimum absolute atomic E-state index is 0.343. The molecule has 3 heterocycles. The van der Waals surface area contributed by atoms with Gasteiger partial charge in [-0.3, -0.25) is 28.8 Å². The van der Waals surface area contributed by atoms with Gasteiger partial charge in [0.2, 0.25) is 29.9 Å². The summed E-state index contributed by atoms with van der Waals surface area (Å²) in [5, 5.41) is 5.81. The molecule has 4 atom stereocenters. The highest BCUT2D eigenvalue weighted by Gasteiger charge is 2.40. The number of esters is 2. The van der Waals surface area contributed by atoms with Gasteiger partial charge in [0, 0.05) is 60.6 Å². The lowest BCUT2D eigenvalue weighted by Crippen LogP contribution is -2.45. The zero-order chi connectivity index (χ0) is 41.5. The monoisotopic (exact) mass is 797 g/mol. The van der Waals surface area contributed by atoms with E-state index in [0.717, 1.165) is 0 Å². The van der Waals surface area contributed by atoms with Crippen LogP contribution in [0.25, 0.3) is 22.8 Å². The minimum atomic E-state index is -1.15. The van der Waals surface area contributed by atoms with E-state index in [1.54, 1.807) is 115 Å². The van der Waals surface area contributed by atoms with Crippen molar-refractivity contribution < 1.29 is 42.7 Å². The van der Waals surface area contributed by atoms with Crippen LogP contribution in [0.2, 0.25) is 0 Å². The van der Waals surface area contributed by atoms with Gasteiger partial charge in [0.1, 0.15) is 12.1 Å². The number of nitrogens with one attached hydrogen (secondary N) is 2. The fourth-order valence-electron chi connectivity index (χ4n) is 7.42. The number of amides is 4. The number of hydrogen-bond acceptors (Lipinski definition) is 10. The highest BCUT2D eigenvalue weighted by molar-refractivity contribution is 5.99. The zero-order valence-electron chi connectivity index (χ0n) is 32.5. The summed E-state index contributed by atoms with van der Waals surface area (Å²) >= 11 is 0. The summed E-state index contributed by atoms with van der Waals surface area (Å²) in [7, 11) is 0. The van der Waals surface area contributed by atoms with Crippen molar-refractivity contribution in [2.75, 3.05) is 23.7 Å². The summed E-state index contributed by atoms with van der Waals surface area (Å²) in [6.45, 7) is 3.22. The first kappa shape index (κ1) is 40.1. The summed E-state index contributed by atoms with van der Waals surface area (Å²) in [5.74, 6) is -1.91. The molecule has 4 amide bonds. The maximum Gasteiger partial charge on any atom is 0.303 e. The molecule has 2 N–H and O–H groups in total. The molecule has 1 aromatic heterocycles. The number of rotatable bonds is 12. The summed E-state index contributed by atoms with van der Waals surface area (Å²) < 4.78 is 16.9. The first-order valence-corrected chi connectivity index (χ1v) is 19.4. The Morgan fingerprint density at radius 1 is 0.610 bits per heavy atom. The third kappa shape index (κ3) is 9.39. The smallest absolute Gasteiger partial charge is 0.303 e. The van der Waals surface area contributed by atoms with Crippen LogP contribution in [0.1, 0.15) is 62.9 Å². The molecule has 14 nitrogen and oxygen atoms in total. The van der Waals surface area contributed by atoms with Crippen molar-refractivity contribution in [2.45, 2.75) is 63.8 Å². The first-order valence-electron chi connectivity index (χ1n) is 19.4. The Balaban J connectivity index is 0.952. The van der Waals surface area contributed by atoms with Crippen LogP contribution in [0, 0.1) is 0 Å². The second-order valence-electron chi connectivity index (χ2n) is 14.3. The van der Waals surface area contributed by atoms with Gasteiger partial charge < -0.3 is 34.3 Å². The van der Waals surface area contributed by atoms with E-state index in [-0.39, 0.29) is 11.8 Å². The van der Waals surface area contributed by atoms with Crippen LogP contribution in [0.3, 0.4) is 0 Å². The Labute approximate surface area is 340 Å². The molecule has 4 aromatic carbocycles. The van der Waals surface area contributed by atoms with Gasteiger partial charge in [-0.2, -0.15) is 0 Å². The molecule has 5 aromatic rings. The summed E-state index contributed by atoms with van der Waals surface area (Å²) in [5.41, 5.74) is 3.50. The number of hydrogen-bond donors (Lipinski definition) is 2. The molecule has 0 aliphatic carbocycles. The van der Waals surface area contributed by atoms with Crippen molar-refractivity contribution in [3.05, 3.63) is 127 Å². The van der Waals surface area contributed by atoms with E-state index < -0.39 is 48.0 Å². The highest BCUT2D eigenvalue weighted by atomic mass is 16.6. The van der Waals surface area contributed by atoms with Gasteiger partial charge in [0.05, 0.1) is 6.20 Å². The molecular weight excluding hydrogens is 755 g/mol. The molecule has 14 heteroatoms. The molecule has 0 unspecified atom stereocenters. The van der Waals surface area contributed by atoms with Gasteiger partial charge in [-0.05, 0) is 74.2 Å². The Bertz CT molecular complexity index is 2150. The maximum absolute atomic E-state index is 13.6. The third-order valence-electron chi connectivity index (χ3n) is 10.2. The molecule has 0 bridgehead atoms. The zero-order valence-corrected chi connectivity index (χ0v) is 32.5. The Morgan fingerprint density at radius 3 is 1.46 bits per heavy atom. The summed E-state index contributed by atoms with van der Waals surface area (Å²) in [6.07, 6.45) is 1.51. The van der Waals surface area contributed by atoms with Crippen molar-refractivity contribution >= 4 is 46.9 Å². The molecule has 7 rings (SSSR count). The van der Waals surface area contributed by atoms with Crippen LogP contribution in [0.5, 0.6) is 0 Å². The van der Waals surface area contributed by atoms with Crippen LogP contribution < -0.4 is 10.6 Å². The molecule has 2 aliphatic rings. The third-order valence-corrected chi connectivity index (χ3v) is 10.2. The normalized spacial score (nSPS) is 17.1. The largest absolute Gasteiger partial charge is 0.447 e. The Hall–Kier alpha value is -7.09. The van der Waals surface area contributed by atoms with E-state index in [1.807, 2.05) is 0 Å². The van der Waals surface area contributed by atoms with E-state index in [1.165, 1.54) is 23.6 Å².